The number of fused-ring (bicyclic) bond motifs is 2. The summed E-state index contributed by atoms with van der Waals surface area (Å²) < 4.78 is 6.10. The van der Waals surface area contributed by atoms with Crippen molar-refractivity contribution < 1.29 is 4.74 Å². The Hall–Kier alpha value is -0.980. The highest BCUT2D eigenvalue weighted by atomic mass is 16.5. The summed E-state index contributed by atoms with van der Waals surface area (Å²) >= 11 is 0. The Morgan fingerprint density at radius 3 is 2.67 bits per heavy atom. The van der Waals surface area contributed by atoms with Crippen LogP contribution in [0.2, 0.25) is 0 Å². The van der Waals surface area contributed by atoms with E-state index in [4.69, 9.17) is 4.74 Å². The van der Waals surface area contributed by atoms with Crippen LogP contribution in [-0.2, 0) is 4.74 Å². The van der Waals surface area contributed by atoms with Crippen molar-refractivity contribution in [2.75, 3.05) is 0 Å². The summed E-state index contributed by atoms with van der Waals surface area (Å²) in [7, 11) is 0. The Balaban J connectivity index is 2.21. The van der Waals surface area contributed by atoms with E-state index in [2.05, 4.69) is 45.1 Å². The van der Waals surface area contributed by atoms with Gasteiger partial charge in [-0.3, -0.25) is 0 Å². The Bertz CT molecular complexity index is 326. The van der Waals surface area contributed by atoms with E-state index in [1.165, 1.54) is 12.0 Å². The molecule has 0 spiro atoms. The molecular weight excluding hydrogens is 184 g/mol. The highest BCUT2D eigenvalue weighted by Gasteiger charge is 2.29. The van der Waals surface area contributed by atoms with E-state index in [1.54, 1.807) is 0 Å². The molecule has 0 amide bonds. The zero-order valence-electron chi connectivity index (χ0n) is 9.92. The maximum atomic E-state index is 6.10. The molecule has 2 rings (SSSR count). The molecule has 1 fully saturated rings. The fraction of sp³-hybridized carbons (Fsp3) is 0.571. The van der Waals surface area contributed by atoms with Gasteiger partial charge in [0.25, 0.3) is 0 Å². The minimum Gasteiger partial charge on any atom is -0.494 e. The molecule has 1 heteroatoms. The van der Waals surface area contributed by atoms with Crippen molar-refractivity contribution in [1.82, 2.24) is 0 Å². The van der Waals surface area contributed by atoms with Gasteiger partial charge in [-0.25, -0.2) is 0 Å². The first-order valence-electron chi connectivity index (χ1n) is 5.77. The maximum Gasteiger partial charge on any atom is 0.103 e. The van der Waals surface area contributed by atoms with Gasteiger partial charge in [0.2, 0.25) is 0 Å². The first-order chi connectivity index (χ1) is 7.05. The van der Waals surface area contributed by atoms with Crippen LogP contribution in [0.4, 0.5) is 0 Å². The van der Waals surface area contributed by atoms with Crippen molar-refractivity contribution >= 4 is 0 Å². The Kier molecular flexibility index (Phi) is 2.72. The monoisotopic (exact) mass is 204 g/mol. The van der Waals surface area contributed by atoms with Crippen molar-refractivity contribution in [2.45, 2.75) is 46.1 Å². The number of allylic oxidation sites excluding steroid dienone is 5. The molecule has 1 atom stereocenters. The van der Waals surface area contributed by atoms with Gasteiger partial charge in [-0.1, -0.05) is 44.6 Å². The van der Waals surface area contributed by atoms with Gasteiger partial charge >= 0.3 is 0 Å². The molecule has 0 aromatic rings. The van der Waals surface area contributed by atoms with E-state index < -0.39 is 0 Å². The molecule has 15 heavy (non-hydrogen) atoms. The second-order valence-corrected chi connectivity index (χ2v) is 5.53. The largest absolute Gasteiger partial charge is 0.494 e. The summed E-state index contributed by atoms with van der Waals surface area (Å²) in [5.74, 6) is 1.13. The highest BCUT2D eigenvalue weighted by molar-refractivity contribution is 5.27. The Labute approximate surface area is 92.5 Å². The van der Waals surface area contributed by atoms with E-state index in [9.17, 15) is 0 Å². The second kappa shape index (κ2) is 3.88. The number of ether oxygens (including phenoxy) is 1. The number of hydrogen-bond donors (Lipinski definition) is 0. The van der Waals surface area contributed by atoms with Crippen LogP contribution in [-0.4, -0.2) is 6.10 Å². The van der Waals surface area contributed by atoms with Gasteiger partial charge in [0.05, 0.1) is 0 Å². The van der Waals surface area contributed by atoms with Gasteiger partial charge in [-0.15, -0.1) is 0 Å². The van der Waals surface area contributed by atoms with Crippen molar-refractivity contribution in [1.29, 1.82) is 0 Å². The molecule has 0 radical (unpaired) electrons. The molecule has 82 valence electrons. The van der Waals surface area contributed by atoms with Crippen LogP contribution in [0.5, 0.6) is 0 Å². The third kappa shape index (κ3) is 2.53. The second-order valence-electron chi connectivity index (χ2n) is 5.53. The van der Waals surface area contributed by atoms with Crippen LogP contribution in [0.3, 0.4) is 0 Å². The van der Waals surface area contributed by atoms with Gasteiger partial charge in [-0.05, 0) is 24.3 Å². The molecule has 0 aromatic heterocycles. The van der Waals surface area contributed by atoms with Crippen molar-refractivity contribution in [2.24, 2.45) is 5.41 Å². The highest BCUT2D eigenvalue weighted by Crippen LogP contribution is 2.35. The molecular formula is C14H20O. The molecule has 1 unspecified atom stereocenters. The van der Waals surface area contributed by atoms with Crippen LogP contribution in [0.1, 0.15) is 40.0 Å². The molecule has 1 aliphatic carbocycles. The lowest BCUT2D eigenvalue weighted by Gasteiger charge is -2.30. The summed E-state index contributed by atoms with van der Waals surface area (Å²) in [5, 5.41) is 0. The quantitative estimate of drug-likeness (QED) is 0.580. The zero-order valence-corrected chi connectivity index (χ0v) is 9.92. The maximum absolute atomic E-state index is 6.10. The minimum atomic E-state index is 0.234. The Morgan fingerprint density at radius 1 is 1.20 bits per heavy atom. The molecule has 2 aliphatic rings. The lowest BCUT2D eigenvalue weighted by atomic mass is 9.86. The topological polar surface area (TPSA) is 9.23 Å². The zero-order chi connectivity index (χ0) is 10.9. The Morgan fingerprint density at radius 2 is 1.93 bits per heavy atom. The van der Waals surface area contributed by atoms with Gasteiger partial charge in [0.1, 0.15) is 11.9 Å². The molecule has 0 saturated carbocycles. The van der Waals surface area contributed by atoms with Crippen LogP contribution >= 0.6 is 0 Å². The summed E-state index contributed by atoms with van der Waals surface area (Å²) in [5.41, 5.74) is 1.74. The van der Waals surface area contributed by atoms with Crippen LogP contribution in [0.15, 0.2) is 35.6 Å². The third-order valence-corrected chi connectivity index (χ3v) is 3.11. The van der Waals surface area contributed by atoms with E-state index in [-0.39, 0.29) is 5.41 Å². The summed E-state index contributed by atoms with van der Waals surface area (Å²) in [4.78, 5) is 0. The van der Waals surface area contributed by atoms with E-state index >= 15 is 0 Å². The van der Waals surface area contributed by atoms with E-state index in [0.29, 0.717) is 6.10 Å². The van der Waals surface area contributed by atoms with Crippen LogP contribution in [0, 0.1) is 5.41 Å². The minimum absolute atomic E-state index is 0.234. The first kappa shape index (κ1) is 10.5. The lowest BCUT2D eigenvalue weighted by molar-refractivity contribution is 0.0253. The molecule has 0 N–H and O–H groups in total. The van der Waals surface area contributed by atoms with Gasteiger partial charge in [-0.2, -0.15) is 0 Å². The lowest BCUT2D eigenvalue weighted by Crippen LogP contribution is -2.28. The molecule has 0 aromatic carbocycles. The average molecular weight is 204 g/mol. The molecule has 1 saturated heterocycles. The average Bonchev–Trinajstić information content (AvgIpc) is 2.47. The van der Waals surface area contributed by atoms with E-state index in [1.807, 2.05) is 0 Å². The molecule has 1 heterocycles. The third-order valence-electron chi connectivity index (χ3n) is 3.11. The standard InChI is InChI=1S/C14H20O/c1-14(2,3)13-9-8-11-6-4-5-7-12(10-11)15-13/h4-7,13H,8-10H2,1-3H3. The van der Waals surface area contributed by atoms with Crippen molar-refractivity contribution in [3.63, 3.8) is 0 Å². The summed E-state index contributed by atoms with van der Waals surface area (Å²) in [6.07, 6.45) is 12.2. The summed E-state index contributed by atoms with van der Waals surface area (Å²) in [6.45, 7) is 6.77. The first-order valence-corrected chi connectivity index (χ1v) is 5.77. The predicted octanol–water partition coefficient (Wildman–Crippen LogP) is 3.98. The smallest absolute Gasteiger partial charge is 0.103 e. The van der Waals surface area contributed by atoms with Gasteiger partial charge in [0.15, 0.2) is 0 Å². The van der Waals surface area contributed by atoms with Gasteiger partial charge in [0, 0.05) is 6.42 Å². The predicted molar refractivity (Wildman–Crippen MR) is 63.5 cm³/mol. The van der Waals surface area contributed by atoms with E-state index in [0.717, 1.165) is 18.6 Å². The SMILES string of the molecule is CC(C)(C)C1CCC2=CC=CC=C(C2)O1. The molecule has 2 bridgehead atoms. The van der Waals surface area contributed by atoms with Crippen molar-refractivity contribution in [3.05, 3.63) is 35.6 Å². The van der Waals surface area contributed by atoms with Crippen LogP contribution < -0.4 is 0 Å². The van der Waals surface area contributed by atoms with Crippen LogP contribution in [0.25, 0.3) is 0 Å². The summed E-state index contributed by atoms with van der Waals surface area (Å²) in [6, 6.07) is 0. The molecule has 1 aliphatic heterocycles. The number of hydrogen-bond acceptors (Lipinski definition) is 1. The molecule has 1 nitrogen and oxygen atoms in total. The fourth-order valence-corrected chi connectivity index (χ4v) is 2.12. The van der Waals surface area contributed by atoms with Crippen molar-refractivity contribution in [3.8, 4) is 0 Å². The van der Waals surface area contributed by atoms with Gasteiger partial charge < -0.3 is 4.74 Å². The fourth-order valence-electron chi connectivity index (χ4n) is 2.12. The number of rotatable bonds is 0. The normalized spacial score (nSPS) is 25.9.